The summed E-state index contributed by atoms with van der Waals surface area (Å²) >= 11 is 0. The third kappa shape index (κ3) is 4.45. The highest BCUT2D eigenvalue weighted by Gasteiger charge is 1.99. The molecule has 0 spiro atoms. The Kier molecular flexibility index (Phi) is 4.61. The topological polar surface area (TPSA) is 32.6 Å². The summed E-state index contributed by atoms with van der Waals surface area (Å²) < 4.78 is 0. The summed E-state index contributed by atoms with van der Waals surface area (Å²) in [7, 11) is 0. The van der Waals surface area contributed by atoms with Crippen LogP contribution in [0.25, 0.3) is 6.08 Å². The van der Waals surface area contributed by atoms with Gasteiger partial charge in [0.2, 0.25) is 0 Å². The van der Waals surface area contributed by atoms with Crippen LogP contribution in [0.1, 0.15) is 25.8 Å². The third-order valence-electron chi connectivity index (χ3n) is 2.01. The third-order valence-corrected chi connectivity index (χ3v) is 2.01. The molecule has 0 aliphatic carbocycles. The predicted molar refractivity (Wildman–Crippen MR) is 64.2 cm³/mol. The zero-order valence-corrected chi connectivity index (χ0v) is 9.22. The number of benzene rings is 1. The Morgan fingerprint density at radius 2 is 2.00 bits per heavy atom. The van der Waals surface area contributed by atoms with E-state index in [4.69, 9.17) is 5.21 Å². The number of allylic oxidation sites excluding steroid dienone is 1. The van der Waals surface area contributed by atoms with Gasteiger partial charge in [-0.05, 0) is 24.0 Å². The maximum Gasteiger partial charge on any atom is 0.0798 e. The lowest BCUT2D eigenvalue weighted by atomic mass is 10.1. The van der Waals surface area contributed by atoms with Crippen LogP contribution in [0, 0.1) is 5.92 Å². The molecule has 0 unspecified atom stereocenters. The van der Waals surface area contributed by atoms with Crippen LogP contribution in [0.15, 0.2) is 41.6 Å². The number of hydrogen-bond donors (Lipinski definition) is 1. The fourth-order valence-electron chi connectivity index (χ4n) is 1.32. The number of nitrogens with zero attached hydrogens (tertiary/aromatic N) is 1. The van der Waals surface area contributed by atoms with Gasteiger partial charge in [-0.15, -0.1) is 0 Å². The van der Waals surface area contributed by atoms with E-state index >= 15 is 0 Å². The molecule has 2 nitrogen and oxygen atoms in total. The van der Waals surface area contributed by atoms with Crippen LogP contribution in [0.3, 0.4) is 0 Å². The lowest BCUT2D eigenvalue weighted by molar-refractivity contribution is 0.317. The first-order chi connectivity index (χ1) is 7.22. The predicted octanol–water partition coefficient (Wildman–Crippen LogP) is 3.58. The average Bonchev–Trinajstić information content (AvgIpc) is 2.25. The van der Waals surface area contributed by atoms with Gasteiger partial charge in [0, 0.05) is 0 Å². The summed E-state index contributed by atoms with van der Waals surface area (Å²) in [6, 6.07) is 9.98. The summed E-state index contributed by atoms with van der Waals surface area (Å²) in [6.07, 6.45) is 4.60. The highest BCUT2D eigenvalue weighted by atomic mass is 16.4. The average molecular weight is 203 g/mol. The van der Waals surface area contributed by atoms with Gasteiger partial charge in [0.05, 0.1) is 5.71 Å². The molecule has 0 aromatic heterocycles. The summed E-state index contributed by atoms with van der Waals surface area (Å²) in [6.45, 7) is 4.20. The van der Waals surface area contributed by atoms with Crippen LogP contribution in [0.5, 0.6) is 0 Å². The van der Waals surface area contributed by atoms with E-state index in [9.17, 15) is 0 Å². The second kappa shape index (κ2) is 6.02. The molecule has 0 amide bonds. The highest BCUT2D eigenvalue weighted by molar-refractivity contribution is 5.97. The molecule has 0 atom stereocenters. The zero-order valence-electron chi connectivity index (χ0n) is 9.22. The van der Waals surface area contributed by atoms with E-state index in [0.717, 1.165) is 12.0 Å². The van der Waals surface area contributed by atoms with Crippen LogP contribution in [0.4, 0.5) is 0 Å². The summed E-state index contributed by atoms with van der Waals surface area (Å²) in [5.74, 6) is 0.497. The molecule has 2 heteroatoms. The van der Waals surface area contributed by atoms with Crippen molar-refractivity contribution in [3.63, 3.8) is 0 Å². The van der Waals surface area contributed by atoms with Crippen molar-refractivity contribution in [3.8, 4) is 0 Å². The first kappa shape index (κ1) is 11.5. The molecule has 80 valence electrons. The van der Waals surface area contributed by atoms with Gasteiger partial charge in [0.1, 0.15) is 0 Å². The van der Waals surface area contributed by atoms with Crippen molar-refractivity contribution in [3.05, 3.63) is 42.0 Å². The molecule has 1 aromatic rings. The largest absolute Gasteiger partial charge is 0.411 e. The van der Waals surface area contributed by atoms with Crippen LogP contribution in [-0.4, -0.2) is 10.9 Å². The van der Waals surface area contributed by atoms with Gasteiger partial charge in [0.25, 0.3) is 0 Å². The van der Waals surface area contributed by atoms with Gasteiger partial charge in [-0.25, -0.2) is 0 Å². The molecular formula is C13H17NO. The minimum atomic E-state index is 0.497. The lowest BCUT2D eigenvalue weighted by Gasteiger charge is -2.02. The molecule has 15 heavy (non-hydrogen) atoms. The minimum absolute atomic E-state index is 0.497. The van der Waals surface area contributed by atoms with Gasteiger partial charge in [-0.3, -0.25) is 0 Å². The second-order valence-corrected chi connectivity index (χ2v) is 3.93. The first-order valence-corrected chi connectivity index (χ1v) is 5.16. The van der Waals surface area contributed by atoms with Gasteiger partial charge in [0.15, 0.2) is 0 Å². The van der Waals surface area contributed by atoms with E-state index in [1.165, 1.54) is 0 Å². The molecule has 0 saturated heterocycles. The second-order valence-electron chi connectivity index (χ2n) is 3.93. The SMILES string of the molecule is CC(C)CC(/C=C/c1ccccc1)=NO. The quantitative estimate of drug-likeness (QED) is 0.453. The molecule has 0 heterocycles. The Hall–Kier alpha value is -1.57. The molecule has 0 fully saturated rings. The van der Waals surface area contributed by atoms with Crippen molar-refractivity contribution in [2.75, 3.05) is 0 Å². The van der Waals surface area contributed by atoms with Crippen LogP contribution >= 0.6 is 0 Å². The standard InChI is InChI=1S/C13H17NO/c1-11(2)10-13(14-15)9-8-12-6-4-3-5-7-12/h3-9,11,15H,10H2,1-2H3/b9-8+,14-13?. The Morgan fingerprint density at radius 3 is 2.53 bits per heavy atom. The van der Waals surface area contributed by atoms with E-state index in [1.54, 1.807) is 0 Å². The smallest absolute Gasteiger partial charge is 0.0798 e. The first-order valence-electron chi connectivity index (χ1n) is 5.16. The van der Waals surface area contributed by atoms with E-state index in [2.05, 4.69) is 19.0 Å². The Morgan fingerprint density at radius 1 is 1.33 bits per heavy atom. The zero-order chi connectivity index (χ0) is 11.1. The van der Waals surface area contributed by atoms with Gasteiger partial charge >= 0.3 is 0 Å². The summed E-state index contributed by atoms with van der Waals surface area (Å²) in [4.78, 5) is 0. The molecule has 0 bridgehead atoms. The van der Waals surface area contributed by atoms with Crippen LogP contribution in [-0.2, 0) is 0 Å². The van der Waals surface area contributed by atoms with Crippen molar-refractivity contribution >= 4 is 11.8 Å². The highest BCUT2D eigenvalue weighted by Crippen LogP contribution is 2.06. The van der Waals surface area contributed by atoms with Crippen molar-refractivity contribution in [2.45, 2.75) is 20.3 Å². The number of hydrogen-bond acceptors (Lipinski definition) is 2. The van der Waals surface area contributed by atoms with E-state index < -0.39 is 0 Å². The normalized spacial score (nSPS) is 12.6. The molecule has 1 N–H and O–H groups in total. The van der Waals surface area contributed by atoms with Gasteiger partial charge in [-0.2, -0.15) is 0 Å². The minimum Gasteiger partial charge on any atom is -0.411 e. The molecular weight excluding hydrogens is 186 g/mol. The van der Waals surface area contributed by atoms with Crippen molar-refractivity contribution in [1.29, 1.82) is 0 Å². The Balaban J connectivity index is 2.64. The van der Waals surface area contributed by atoms with Crippen molar-refractivity contribution in [1.82, 2.24) is 0 Å². The van der Waals surface area contributed by atoms with Crippen molar-refractivity contribution in [2.24, 2.45) is 11.1 Å². The Bertz CT molecular complexity index is 339. The molecule has 0 saturated carbocycles. The number of rotatable bonds is 4. The number of oxime groups is 1. The molecule has 1 aromatic carbocycles. The monoisotopic (exact) mass is 203 g/mol. The maximum atomic E-state index is 8.79. The lowest BCUT2D eigenvalue weighted by Crippen LogP contribution is -1.99. The summed E-state index contributed by atoms with van der Waals surface area (Å²) in [5, 5.41) is 12.1. The fraction of sp³-hybridized carbons (Fsp3) is 0.308. The molecule has 0 aliphatic rings. The van der Waals surface area contributed by atoms with E-state index in [1.807, 2.05) is 42.5 Å². The Labute approximate surface area is 90.9 Å². The molecule has 0 radical (unpaired) electrons. The van der Waals surface area contributed by atoms with Gasteiger partial charge < -0.3 is 5.21 Å². The maximum absolute atomic E-state index is 8.79. The van der Waals surface area contributed by atoms with E-state index in [-0.39, 0.29) is 0 Å². The van der Waals surface area contributed by atoms with Crippen molar-refractivity contribution < 1.29 is 5.21 Å². The fourth-order valence-corrected chi connectivity index (χ4v) is 1.32. The summed E-state index contributed by atoms with van der Waals surface area (Å²) in [5.41, 5.74) is 1.83. The van der Waals surface area contributed by atoms with Crippen LogP contribution in [0.2, 0.25) is 0 Å². The van der Waals surface area contributed by atoms with E-state index in [0.29, 0.717) is 11.6 Å². The van der Waals surface area contributed by atoms with Crippen LogP contribution < -0.4 is 0 Å². The molecule has 0 aliphatic heterocycles. The molecule has 1 rings (SSSR count). The van der Waals surface area contributed by atoms with Gasteiger partial charge in [-0.1, -0.05) is 55.4 Å².